The number of alkyl halides is 1. The van der Waals surface area contributed by atoms with Crippen molar-refractivity contribution in [1.82, 2.24) is 10.6 Å². The summed E-state index contributed by atoms with van der Waals surface area (Å²) in [6.07, 6.45) is 3.09. The van der Waals surface area contributed by atoms with E-state index in [0.717, 1.165) is 25.0 Å². The number of benzene rings is 1. The fraction of sp³-hybridized carbons (Fsp3) is 0.500. The number of urea groups is 1. The van der Waals surface area contributed by atoms with E-state index in [-0.39, 0.29) is 10.4 Å². The number of carbonyl (C=O) groups is 1. The quantitative estimate of drug-likeness (QED) is 0.789. The van der Waals surface area contributed by atoms with E-state index in [9.17, 15) is 4.79 Å². The van der Waals surface area contributed by atoms with Gasteiger partial charge < -0.3 is 15.4 Å². The lowest BCUT2D eigenvalue weighted by Crippen LogP contribution is -2.39. The molecular weight excluding hydrogens is 308 g/mol. The molecule has 0 radical (unpaired) electrons. The number of amides is 2. The van der Waals surface area contributed by atoms with Crippen LogP contribution in [0.3, 0.4) is 0 Å². The smallest absolute Gasteiger partial charge is 0.314 e. The van der Waals surface area contributed by atoms with Crippen LogP contribution in [-0.4, -0.2) is 30.6 Å². The first-order chi connectivity index (χ1) is 9.11. The Morgan fingerprint density at radius 3 is 2.58 bits per heavy atom. The van der Waals surface area contributed by atoms with E-state index in [1.807, 2.05) is 24.3 Å². The monoisotopic (exact) mass is 326 g/mol. The summed E-state index contributed by atoms with van der Waals surface area (Å²) in [5, 5.41) is 5.73. The van der Waals surface area contributed by atoms with E-state index in [1.54, 1.807) is 7.11 Å². The molecule has 0 bridgehead atoms. The van der Waals surface area contributed by atoms with Gasteiger partial charge in [0.05, 0.1) is 7.11 Å². The maximum atomic E-state index is 11.5. The fourth-order valence-electron chi connectivity index (χ4n) is 1.73. The first kappa shape index (κ1) is 14.2. The summed E-state index contributed by atoms with van der Waals surface area (Å²) in [6.45, 7) is 1.33. The van der Waals surface area contributed by atoms with Crippen LogP contribution < -0.4 is 15.4 Å². The first-order valence-electron chi connectivity index (χ1n) is 6.45. The third kappa shape index (κ3) is 4.74. The Morgan fingerprint density at radius 1 is 1.32 bits per heavy atom. The molecule has 1 aromatic carbocycles. The van der Waals surface area contributed by atoms with Crippen molar-refractivity contribution in [2.24, 2.45) is 0 Å². The molecule has 2 N–H and O–H groups in total. The second kappa shape index (κ2) is 6.28. The van der Waals surface area contributed by atoms with Gasteiger partial charge in [-0.15, -0.1) is 0 Å². The molecular formula is C14H19BrN2O2. The summed E-state index contributed by atoms with van der Waals surface area (Å²) in [4.78, 5) is 11.5. The highest BCUT2D eigenvalue weighted by atomic mass is 79.9. The summed E-state index contributed by atoms with van der Waals surface area (Å²) in [5.74, 6) is 0.849. The highest BCUT2D eigenvalue weighted by Crippen LogP contribution is 2.43. The van der Waals surface area contributed by atoms with E-state index in [4.69, 9.17) is 4.74 Å². The molecule has 0 spiro atoms. The lowest BCUT2D eigenvalue weighted by Gasteiger charge is -2.10. The summed E-state index contributed by atoms with van der Waals surface area (Å²) in [6, 6.07) is 7.78. The Kier molecular flexibility index (Phi) is 4.69. The van der Waals surface area contributed by atoms with Crippen molar-refractivity contribution in [3.05, 3.63) is 29.8 Å². The summed E-state index contributed by atoms with van der Waals surface area (Å²) < 4.78 is 5.26. The molecule has 0 saturated heterocycles. The minimum atomic E-state index is -0.0979. The zero-order valence-corrected chi connectivity index (χ0v) is 12.6. The molecule has 0 atom stereocenters. The first-order valence-corrected chi connectivity index (χ1v) is 7.24. The Balaban J connectivity index is 1.63. The number of halogens is 1. The van der Waals surface area contributed by atoms with Crippen LogP contribution in [0.1, 0.15) is 18.4 Å². The van der Waals surface area contributed by atoms with Crippen LogP contribution >= 0.6 is 15.9 Å². The van der Waals surface area contributed by atoms with E-state index in [1.165, 1.54) is 5.56 Å². The lowest BCUT2D eigenvalue weighted by atomic mass is 10.1. The molecule has 0 heterocycles. The standard InChI is InChI=1S/C14H19BrN2O2/c1-19-12-4-2-11(3-5-12)6-9-16-13(18)17-10-14(15)7-8-14/h2-5H,6-10H2,1H3,(H2,16,17,18). The predicted octanol–water partition coefficient (Wildman–Crippen LogP) is 2.46. The van der Waals surface area contributed by atoms with Gasteiger partial charge in [-0.2, -0.15) is 0 Å². The number of hydrogen-bond donors (Lipinski definition) is 2. The normalized spacial score (nSPS) is 15.7. The van der Waals surface area contributed by atoms with Gasteiger partial charge in [-0.3, -0.25) is 0 Å². The molecule has 2 amide bonds. The van der Waals surface area contributed by atoms with Gasteiger partial charge >= 0.3 is 6.03 Å². The van der Waals surface area contributed by atoms with Gasteiger partial charge in [0, 0.05) is 17.4 Å². The van der Waals surface area contributed by atoms with E-state index < -0.39 is 0 Å². The Bertz CT molecular complexity index is 430. The molecule has 1 aromatic rings. The largest absolute Gasteiger partial charge is 0.497 e. The second-order valence-electron chi connectivity index (χ2n) is 4.86. The number of nitrogens with one attached hydrogen (secondary N) is 2. The molecule has 4 nitrogen and oxygen atoms in total. The second-order valence-corrected chi connectivity index (χ2v) is 6.54. The molecule has 104 valence electrons. The average Bonchev–Trinajstić information content (AvgIpc) is 3.16. The van der Waals surface area contributed by atoms with Crippen molar-refractivity contribution in [2.75, 3.05) is 20.2 Å². The van der Waals surface area contributed by atoms with Crippen molar-refractivity contribution in [3.63, 3.8) is 0 Å². The zero-order chi connectivity index (χ0) is 13.7. The van der Waals surface area contributed by atoms with Gasteiger partial charge in [-0.1, -0.05) is 28.1 Å². The van der Waals surface area contributed by atoms with Gasteiger partial charge in [0.2, 0.25) is 0 Å². The van der Waals surface area contributed by atoms with Crippen molar-refractivity contribution < 1.29 is 9.53 Å². The van der Waals surface area contributed by atoms with Gasteiger partial charge in [0.25, 0.3) is 0 Å². The molecule has 0 aromatic heterocycles. The Hall–Kier alpha value is -1.23. The van der Waals surface area contributed by atoms with Crippen LogP contribution in [0.2, 0.25) is 0 Å². The molecule has 19 heavy (non-hydrogen) atoms. The number of ether oxygens (including phenoxy) is 1. The number of hydrogen-bond acceptors (Lipinski definition) is 2. The Morgan fingerprint density at radius 2 is 2.00 bits per heavy atom. The average molecular weight is 327 g/mol. The number of carbonyl (C=O) groups excluding carboxylic acids is 1. The topological polar surface area (TPSA) is 50.4 Å². The third-order valence-corrected chi connectivity index (χ3v) is 4.29. The van der Waals surface area contributed by atoms with Crippen molar-refractivity contribution >= 4 is 22.0 Å². The highest BCUT2D eigenvalue weighted by molar-refractivity contribution is 9.10. The third-order valence-electron chi connectivity index (χ3n) is 3.22. The molecule has 1 fully saturated rings. The minimum absolute atomic E-state index is 0.0979. The summed E-state index contributed by atoms with van der Waals surface area (Å²) in [7, 11) is 1.65. The lowest BCUT2D eigenvalue weighted by molar-refractivity contribution is 0.241. The van der Waals surface area contributed by atoms with E-state index >= 15 is 0 Å². The van der Waals surface area contributed by atoms with Gasteiger partial charge in [0.15, 0.2) is 0 Å². The Labute approximate surface area is 122 Å². The number of methoxy groups -OCH3 is 1. The van der Waals surface area contributed by atoms with E-state index in [2.05, 4.69) is 26.6 Å². The SMILES string of the molecule is COc1ccc(CCNC(=O)NCC2(Br)CC2)cc1. The molecule has 2 rings (SSSR count). The van der Waals surface area contributed by atoms with Gasteiger partial charge in [0.1, 0.15) is 5.75 Å². The van der Waals surface area contributed by atoms with Crippen LogP contribution in [0.15, 0.2) is 24.3 Å². The van der Waals surface area contributed by atoms with Crippen molar-refractivity contribution in [3.8, 4) is 5.75 Å². The molecule has 1 saturated carbocycles. The fourth-order valence-corrected chi connectivity index (χ4v) is 2.06. The van der Waals surface area contributed by atoms with E-state index in [0.29, 0.717) is 13.1 Å². The van der Waals surface area contributed by atoms with Crippen LogP contribution in [-0.2, 0) is 6.42 Å². The molecule has 0 aliphatic heterocycles. The van der Waals surface area contributed by atoms with Crippen LogP contribution in [0.25, 0.3) is 0 Å². The highest BCUT2D eigenvalue weighted by Gasteiger charge is 2.39. The zero-order valence-electron chi connectivity index (χ0n) is 11.0. The summed E-state index contributed by atoms with van der Waals surface area (Å²) in [5.41, 5.74) is 1.18. The molecule has 5 heteroatoms. The predicted molar refractivity (Wildman–Crippen MR) is 79.0 cm³/mol. The maximum Gasteiger partial charge on any atom is 0.314 e. The molecule has 0 unspecified atom stereocenters. The molecule has 1 aliphatic rings. The van der Waals surface area contributed by atoms with Crippen molar-refractivity contribution in [1.29, 1.82) is 0 Å². The van der Waals surface area contributed by atoms with Gasteiger partial charge in [-0.25, -0.2) is 4.79 Å². The summed E-state index contributed by atoms with van der Waals surface area (Å²) >= 11 is 3.58. The van der Waals surface area contributed by atoms with Gasteiger partial charge in [-0.05, 0) is 37.0 Å². The van der Waals surface area contributed by atoms with Crippen molar-refractivity contribution in [2.45, 2.75) is 23.6 Å². The van der Waals surface area contributed by atoms with Crippen LogP contribution in [0, 0.1) is 0 Å². The molecule has 1 aliphatic carbocycles. The van der Waals surface area contributed by atoms with Crippen LogP contribution in [0.4, 0.5) is 4.79 Å². The van der Waals surface area contributed by atoms with Crippen LogP contribution in [0.5, 0.6) is 5.75 Å². The number of rotatable bonds is 6. The minimum Gasteiger partial charge on any atom is -0.497 e. The maximum absolute atomic E-state index is 11.5.